The molecule has 0 bridgehead atoms. The van der Waals surface area contributed by atoms with Gasteiger partial charge in [0.2, 0.25) is 0 Å². The average molecular weight is 245 g/mol. The highest BCUT2D eigenvalue weighted by atomic mass is 16.4. The van der Waals surface area contributed by atoms with Crippen molar-refractivity contribution >= 4 is 11.9 Å². The molecule has 0 aliphatic rings. The molecule has 0 aliphatic heterocycles. The number of nitrogens with zero attached hydrogens (tertiary/aromatic N) is 1. The first-order valence-corrected chi connectivity index (χ1v) is 5.25. The zero-order valence-electron chi connectivity index (χ0n) is 9.38. The molecule has 1 amide bonds. The van der Waals surface area contributed by atoms with Crippen LogP contribution in [0, 0.1) is 0 Å². The maximum Gasteiger partial charge on any atom is 0.335 e. The van der Waals surface area contributed by atoms with E-state index in [9.17, 15) is 9.59 Å². The molecule has 18 heavy (non-hydrogen) atoms. The molecule has 1 heterocycles. The summed E-state index contributed by atoms with van der Waals surface area (Å²) in [5.41, 5.74) is 1.37. The average Bonchev–Trinajstić information content (AvgIpc) is 2.89. The predicted molar refractivity (Wildman–Crippen MR) is 63.2 cm³/mol. The van der Waals surface area contributed by atoms with Crippen LogP contribution in [0.3, 0.4) is 0 Å². The number of nitrogens with one attached hydrogen (secondary N) is 2. The summed E-state index contributed by atoms with van der Waals surface area (Å²) >= 11 is 0. The minimum Gasteiger partial charge on any atom is -0.478 e. The molecule has 0 saturated heterocycles. The Morgan fingerprint density at radius 1 is 1.22 bits per heavy atom. The van der Waals surface area contributed by atoms with Crippen LogP contribution in [0.2, 0.25) is 0 Å². The highest BCUT2D eigenvalue weighted by Gasteiger charge is 2.07. The van der Waals surface area contributed by atoms with Gasteiger partial charge in [0.1, 0.15) is 0 Å². The lowest BCUT2D eigenvalue weighted by Crippen LogP contribution is -2.22. The van der Waals surface area contributed by atoms with E-state index in [1.165, 1.54) is 30.6 Å². The monoisotopic (exact) mass is 245 g/mol. The van der Waals surface area contributed by atoms with Gasteiger partial charge in [-0.05, 0) is 24.3 Å². The molecule has 0 unspecified atom stereocenters. The van der Waals surface area contributed by atoms with Gasteiger partial charge in [-0.1, -0.05) is 0 Å². The molecule has 2 aromatic rings. The molecule has 1 aromatic heterocycles. The van der Waals surface area contributed by atoms with E-state index in [0.717, 1.165) is 5.69 Å². The van der Waals surface area contributed by atoms with Gasteiger partial charge >= 0.3 is 5.97 Å². The molecule has 2 rings (SSSR count). The SMILES string of the molecule is O=C(O)c1ccc(C(=O)NCc2cnc[nH]2)cc1. The fourth-order valence-electron chi connectivity index (χ4n) is 1.42. The van der Waals surface area contributed by atoms with E-state index in [-0.39, 0.29) is 11.5 Å². The maximum absolute atomic E-state index is 11.7. The minimum absolute atomic E-state index is 0.153. The molecule has 0 saturated carbocycles. The Kier molecular flexibility index (Phi) is 3.38. The van der Waals surface area contributed by atoms with E-state index in [4.69, 9.17) is 5.11 Å². The molecule has 3 N–H and O–H groups in total. The van der Waals surface area contributed by atoms with E-state index >= 15 is 0 Å². The molecule has 6 nitrogen and oxygen atoms in total. The van der Waals surface area contributed by atoms with E-state index in [1.54, 1.807) is 6.20 Å². The number of rotatable bonds is 4. The van der Waals surface area contributed by atoms with Crippen LogP contribution >= 0.6 is 0 Å². The normalized spacial score (nSPS) is 10.0. The lowest BCUT2D eigenvalue weighted by molar-refractivity contribution is 0.0696. The molecule has 6 heteroatoms. The van der Waals surface area contributed by atoms with Crippen LogP contribution in [0.1, 0.15) is 26.4 Å². The van der Waals surface area contributed by atoms with Gasteiger partial charge in [0.25, 0.3) is 5.91 Å². The van der Waals surface area contributed by atoms with Gasteiger partial charge in [-0.3, -0.25) is 4.79 Å². The highest BCUT2D eigenvalue weighted by molar-refractivity contribution is 5.95. The van der Waals surface area contributed by atoms with Gasteiger partial charge in [0.05, 0.1) is 24.1 Å². The zero-order chi connectivity index (χ0) is 13.0. The fourth-order valence-corrected chi connectivity index (χ4v) is 1.42. The summed E-state index contributed by atoms with van der Waals surface area (Å²) < 4.78 is 0. The van der Waals surface area contributed by atoms with Crippen LogP contribution in [0.25, 0.3) is 0 Å². The number of aromatic carboxylic acids is 1. The zero-order valence-corrected chi connectivity index (χ0v) is 9.38. The van der Waals surface area contributed by atoms with Crippen molar-refractivity contribution in [3.05, 3.63) is 53.6 Å². The summed E-state index contributed by atoms with van der Waals surface area (Å²) in [6, 6.07) is 5.75. The van der Waals surface area contributed by atoms with Crippen LogP contribution in [-0.4, -0.2) is 27.0 Å². The summed E-state index contributed by atoms with van der Waals surface area (Å²) in [5.74, 6) is -1.28. The Labute approximate surface area is 103 Å². The summed E-state index contributed by atoms with van der Waals surface area (Å²) in [4.78, 5) is 29.1. The molecule has 0 atom stereocenters. The second-order valence-electron chi connectivity index (χ2n) is 3.64. The van der Waals surface area contributed by atoms with Crippen molar-refractivity contribution in [2.24, 2.45) is 0 Å². The lowest BCUT2D eigenvalue weighted by atomic mass is 10.1. The third-order valence-electron chi connectivity index (χ3n) is 2.39. The van der Waals surface area contributed by atoms with Crippen molar-refractivity contribution < 1.29 is 14.7 Å². The van der Waals surface area contributed by atoms with Gasteiger partial charge in [-0.2, -0.15) is 0 Å². The molecular weight excluding hydrogens is 234 g/mol. The molecular formula is C12H11N3O3. The molecule has 92 valence electrons. The third-order valence-corrected chi connectivity index (χ3v) is 2.39. The molecule has 0 fully saturated rings. The third kappa shape index (κ3) is 2.73. The fraction of sp³-hybridized carbons (Fsp3) is 0.0833. The van der Waals surface area contributed by atoms with Crippen LogP contribution in [-0.2, 0) is 6.54 Å². The Balaban J connectivity index is 1.98. The largest absolute Gasteiger partial charge is 0.478 e. The van der Waals surface area contributed by atoms with Gasteiger partial charge in [0, 0.05) is 11.8 Å². The first-order chi connectivity index (χ1) is 8.66. The maximum atomic E-state index is 11.7. The number of carboxylic acid groups (broad SMARTS) is 1. The first-order valence-electron chi connectivity index (χ1n) is 5.25. The standard InChI is InChI=1S/C12H11N3O3/c16-11(14-6-10-5-13-7-15-10)8-1-3-9(4-2-8)12(17)18/h1-5,7H,6H2,(H,13,15)(H,14,16)(H,17,18). The number of aromatic nitrogens is 2. The quantitative estimate of drug-likeness (QED) is 0.749. The predicted octanol–water partition coefficient (Wildman–Crippen LogP) is 1.04. The van der Waals surface area contributed by atoms with Crippen LogP contribution in [0.4, 0.5) is 0 Å². The second-order valence-corrected chi connectivity index (χ2v) is 3.64. The number of benzene rings is 1. The number of carbonyl (C=O) groups is 2. The summed E-state index contributed by atoms with van der Waals surface area (Å²) in [6.07, 6.45) is 3.15. The Morgan fingerprint density at radius 2 is 1.89 bits per heavy atom. The van der Waals surface area contributed by atoms with Gasteiger partial charge in [-0.15, -0.1) is 0 Å². The smallest absolute Gasteiger partial charge is 0.335 e. The molecule has 0 spiro atoms. The van der Waals surface area contributed by atoms with Crippen molar-refractivity contribution in [1.82, 2.24) is 15.3 Å². The molecule has 0 aliphatic carbocycles. The van der Waals surface area contributed by atoms with Crippen molar-refractivity contribution in [1.29, 1.82) is 0 Å². The number of carboxylic acids is 1. The summed E-state index contributed by atoms with van der Waals surface area (Å²) in [5, 5.41) is 11.4. The Morgan fingerprint density at radius 3 is 2.44 bits per heavy atom. The minimum atomic E-state index is -1.01. The van der Waals surface area contributed by atoms with E-state index < -0.39 is 5.97 Å². The molecule has 0 radical (unpaired) electrons. The Hall–Kier alpha value is -2.63. The van der Waals surface area contributed by atoms with Crippen LogP contribution in [0.5, 0.6) is 0 Å². The van der Waals surface area contributed by atoms with Gasteiger partial charge in [0.15, 0.2) is 0 Å². The van der Waals surface area contributed by atoms with Gasteiger partial charge < -0.3 is 15.4 Å². The van der Waals surface area contributed by atoms with Crippen molar-refractivity contribution in [3.63, 3.8) is 0 Å². The Bertz CT molecular complexity index is 546. The summed E-state index contributed by atoms with van der Waals surface area (Å²) in [6.45, 7) is 0.347. The highest BCUT2D eigenvalue weighted by Crippen LogP contribution is 2.04. The lowest BCUT2D eigenvalue weighted by Gasteiger charge is -2.03. The van der Waals surface area contributed by atoms with E-state index in [2.05, 4.69) is 15.3 Å². The number of imidazole rings is 1. The van der Waals surface area contributed by atoms with Crippen LogP contribution in [0.15, 0.2) is 36.8 Å². The topological polar surface area (TPSA) is 95.1 Å². The number of aromatic amines is 1. The first kappa shape index (κ1) is 11.8. The summed E-state index contributed by atoms with van der Waals surface area (Å²) in [7, 11) is 0. The van der Waals surface area contributed by atoms with Crippen molar-refractivity contribution in [2.45, 2.75) is 6.54 Å². The van der Waals surface area contributed by atoms with E-state index in [0.29, 0.717) is 12.1 Å². The van der Waals surface area contributed by atoms with Crippen molar-refractivity contribution in [2.75, 3.05) is 0 Å². The van der Waals surface area contributed by atoms with Crippen molar-refractivity contribution in [3.8, 4) is 0 Å². The number of amides is 1. The number of carbonyl (C=O) groups excluding carboxylic acids is 1. The number of hydrogen-bond donors (Lipinski definition) is 3. The van der Waals surface area contributed by atoms with Crippen LogP contribution < -0.4 is 5.32 Å². The number of H-pyrrole nitrogens is 1. The van der Waals surface area contributed by atoms with Gasteiger partial charge in [-0.25, -0.2) is 9.78 Å². The molecule has 1 aromatic carbocycles. The van der Waals surface area contributed by atoms with E-state index in [1.807, 2.05) is 0 Å². The second kappa shape index (κ2) is 5.13. The number of hydrogen-bond acceptors (Lipinski definition) is 3.